The summed E-state index contributed by atoms with van der Waals surface area (Å²) in [5.41, 5.74) is 1.65. The normalized spacial score (nSPS) is 11.0. The molecule has 9 heteroatoms. The molecule has 1 aromatic carbocycles. The number of benzene rings is 1. The Kier molecular flexibility index (Phi) is 10.3. The number of methoxy groups -OCH3 is 1. The van der Waals surface area contributed by atoms with Crippen LogP contribution in [-0.2, 0) is 27.9 Å². The van der Waals surface area contributed by atoms with Gasteiger partial charge in [-0.1, -0.05) is 13.3 Å². The van der Waals surface area contributed by atoms with Crippen LogP contribution in [0.25, 0.3) is 6.08 Å². The van der Waals surface area contributed by atoms with Gasteiger partial charge in [-0.3, -0.25) is 19.7 Å². The summed E-state index contributed by atoms with van der Waals surface area (Å²) >= 11 is 0. The van der Waals surface area contributed by atoms with Gasteiger partial charge in [0.05, 0.1) is 18.1 Å². The van der Waals surface area contributed by atoms with Gasteiger partial charge in [-0.25, -0.2) is 0 Å². The number of rotatable bonds is 13. The van der Waals surface area contributed by atoms with Crippen molar-refractivity contribution in [3.05, 3.63) is 70.0 Å². The zero-order chi connectivity index (χ0) is 24.2. The van der Waals surface area contributed by atoms with Gasteiger partial charge in [-0.2, -0.15) is 0 Å². The molecule has 0 bridgehead atoms. The third-order valence-corrected chi connectivity index (χ3v) is 5.26. The van der Waals surface area contributed by atoms with Gasteiger partial charge in [0, 0.05) is 57.3 Å². The van der Waals surface area contributed by atoms with Crippen molar-refractivity contribution in [2.24, 2.45) is 7.05 Å². The molecule has 0 spiro atoms. The molecule has 2 aromatic rings. The molecule has 9 nitrogen and oxygen atoms in total. The molecule has 0 radical (unpaired) electrons. The number of non-ortho nitro benzene ring substituents is 1. The lowest BCUT2D eigenvalue weighted by molar-refractivity contribution is -0.384. The molecule has 0 N–H and O–H groups in total. The van der Waals surface area contributed by atoms with E-state index in [1.807, 2.05) is 36.9 Å². The van der Waals surface area contributed by atoms with E-state index in [0.717, 1.165) is 18.5 Å². The first-order valence-electron chi connectivity index (χ1n) is 10.9. The molecule has 0 unspecified atom stereocenters. The third-order valence-electron chi connectivity index (χ3n) is 5.26. The van der Waals surface area contributed by atoms with E-state index < -0.39 is 4.92 Å². The molecule has 0 aliphatic carbocycles. The highest BCUT2D eigenvalue weighted by atomic mass is 16.6. The number of unbranched alkanes of at least 4 members (excludes halogenated alkanes) is 1. The lowest BCUT2D eigenvalue weighted by Crippen LogP contribution is -2.43. The van der Waals surface area contributed by atoms with Gasteiger partial charge in [0.2, 0.25) is 11.8 Å². The van der Waals surface area contributed by atoms with E-state index in [0.29, 0.717) is 31.8 Å². The van der Waals surface area contributed by atoms with Gasteiger partial charge in [0.1, 0.15) is 6.54 Å². The highest BCUT2D eigenvalue weighted by molar-refractivity contribution is 5.94. The lowest BCUT2D eigenvalue weighted by atomic mass is 10.2. The topological polar surface area (TPSA) is 97.9 Å². The largest absolute Gasteiger partial charge is 0.383 e. The zero-order valence-electron chi connectivity index (χ0n) is 19.5. The van der Waals surface area contributed by atoms with Crippen molar-refractivity contribution < 1.29 is 19.2 Å². The molecule has 2 rings (SSSR count). The zero-order valence-corrected chi connectivity index (χ0v) is 19.5. The van der Waals surface area contributed by atoms with E-state index in [4.69, 9.17) is 4.74 Å². The van der Waals surface area contributed by atoms with Crippen LogP contribution in [0.15, 0.2) is 48.7 Å². The molecule has 1 heterocycles. The van der Waals surface area contributed by atoms with Crippen molar-refractivity contribution in [2.45, 2.75) is 26.3 Å². The quantitative estimate of drug-likeness (QED) is 0.262. The Bertz CT molecular complexity index is 952. The number of nitro benzene ring substituents is 1. The summed E-state index contributed by atoms with van der Waals surface area (Å²) in [5, 5.41) is 10.8. The summed E-state index contributed by atoms with van der Waals surface area (Å²) in [5.74, 6) is -0.429. The third kappa shape index (κ3) is 8.19. The molecular weight excluding hydrogens is 424 g/mol. The Morgan fingerprint density at radius 2 is 1.88 bits per heavy atom. The van der Waals surface area contributed by atoms with Crippen molar-refractivity contribution in [3.63, 3.8) is 0 Å². The minimum Gasteiger partial charge on any atom is -0.383 e. The van der Waals surface area contributed by atoms with E-state index >= 15 is 0 Å². The molecule has 178 valence electrons. The van der Waals surface area contributed by atoms with Crippen molar-refractivity contribution in [3.8, 4) is 0 Å². The summed E-state index contributed by atoms with van der Waals surface area (Å²) < 4.78 is 7.12. The summed E-state index contributed by atoms with van der Waals surface area (Å²) in [4.78, 5) is 39.6. The average molecular weight is 457 g/mol. The first-order valence-corrected chi connectivity index (χ1v) is 10.9. The molecule has 0 aliphatic heterocycles. The van der Waals surface area contributed by atoms with Crippen LogP contribution in [0, 0.1) is 10.1 Å². The fourth-order valence-corrected chi connectivity index (χ4v) is 3.21. The molecule has 33 heavy (non-hydrogen) atoms. The second-order valence-electron chi connectivity index (χ2n) is 7.71. The predicted octanol–water partition coefficient (Wildman–Crippen LogP) is 3.25. The molecule has 0 saturated heterocycles. The minimum absolute atomic E-state index is 0.0111. The Hall–Kier alpha value is -3.46. The van der Waals surface area contributed by atoms with Crippen LogP contribution < -0.4 is 0 Å². The van der Waals surface area contributed by atoms with Crippen LogP contribution >= 0.6 is 0 Å². The summed E-state index contributed by atoms with van der Waals surface area (Å²) in [7, 11) is 3.51. The van der Waals surface area contributed by atoms with Crippen LogP contribution in [0.3, 0.4) is 0 Å². The number of ether oxygens (including phenoxy) is 1. The van der Waals surface area contributed by atoms with Crippen molar-refractivity contribution in [1.29, 1.82) is 0 Å². The van der Waals surface area contributed by atoms with Crippen LogP contribution in [0.1, 0.15) is 31.0 Å². The predicted molar refractivity (Wildman–Crippen MR) is 126 cm³/mol. The van der Waals surface area contributed by atoms with Gasteiger partial charge < -0.3 is 19.1 Å². The van der Waals surface area contributed by atoms with E-state index in [9.17, 15) is 19.7 Å². The highest BCUT2D eigenvalue weighted by Crippen LogP contribution is 2.13. The highest BCUT2D eigenvalue weighted by Gasteiger charge is 2.20. The SMILES string of the molecule is CCCCN(CC(=O)N(CCOC)Cc1cccn1C)C(=O)/C=C/c1ccc([N+](=O)[O-])cc1. The summed E-state index contributed by atoms with van der Waals surface area (Å²) in [6, 6.07) is 9.82. The number of carbonyl (C=O) groups is 2. The molecule has 0 saturated carbocycles. The maximum atomic E-state index is 13.1. The monoisotopic (exact) mass is 456 g/mol. The van der Waals surface area contributed by atoms with Gasteiger partial charge in [0.15, 0.2) is 0 Å². The van der Waals surface area contributed by atoms with E-state index in [1.165, 1.54) is 18.2 Å². The van der Waals surface area contributed by atoms with E-state index in [1.54, 1.807) is 35.1 Å². The molecule has 0 aliphatic rings. The number of nitrogens with zero attached hydrogens (tertiary/aromatic N) is 4. The number of amides is 2. The number of hydrogen-bond acceptors (Lipinski definition) is 5. The number of nitro groups is 1. The fourth-order valence-electron chi connectivity index (χ4n) is 3.21. The molecular formula is C24H32N4O5. The van der Waals surface area contributed by atoms with Gasteiger partial charge in [-0.15, -0.1) is 0 Å². The number of hydrogen-bond donors (Lipinski definition) is 0. The van der Waals surface area contributed by atoms with Crippen LogP contribution in [0.5, 0.6) is 0 Å². The average Bonchev–Trinajstić information content (AvgIpc) is 3.21. The minimum atomic E-state index is -0.471. The number of aromatic nitrogens is 1. The number of aryl methyl sites for hydroxylation is 1. The smallest absolute Gasteiger partial charge is 0.269 e. The van der Waals surface area contributed by atoms with E-state index in [-0.39, 0.29) is 24.0 Å². The summed E-state index contributed by atoms with van der Waals surface area (Å²) in [6.07, 6.45) is 6.60. The Morgan fingerprint density at radius 1 is 1.15 bits per heavy atom. The molecule has 0 fully saturated rings. The van der Waals surface area contributed by atoms with Crippen LogP contribution in [0.4, 0.5) is 5.69 Å². The van der Waals surface area contributed by atoms with Gasteiger partial charge >= 0.3 is 0 Å². The second kappa shape index (κ2) is 13.2. The fraction of sp³-hybridized carbons (Fsp3) is 0.417. The van der Waals surface area contributed by atoms with E-state index in [2.05, 4.69) is 0 Å². The standard InChI is InChI=1S/C24H32N4O5/c1-4-5-15-26(23(29)13-10-20-8-11-21(12-9-20)28(31)32)19-24(30)27(16-17-33-3)18-22-7-6-14-25(22)2/h6-14H,4-5,15-19H2,1-3H3/b13-10+. The first kappa shape index (κ1) is 25.8. The van der Waals surface area contributed by atoms with Crippen LogP contribution in [0.2, 0.25) is 0 Å². The van der Waals surface area contributed by atoms with Crippen LogP contribution in [-0.4, -0.2) is 64.5 Å². The Balaban J connectivity index is 2.10. The molecule has 1 aromatic heterocycles. The van der Waals surface area contributed by atoms with Crippen molar-refractivity contribution in [1.82, 2.24) is 14.4 Å². The Labute approximate surface area is 194 Å². The van der Waals surface area contributed by atoms with Gasteiger partial charge in [0.25, 0.3) is 5.69 Å². The van der Waals surface area contributed by atoms with Crippen molar-refractivity contribution in [2.75, 3.05) is 33.4 Å². The maximum absolute atomic E-state index is 13.1. The first-order chi connectivity index (χ1) is 15.8. The molecule has 0 atom stereocenters. The van der Waals surface area contributed by atoms with Crippen molar-refractivity contribution >= 4 is 23.6 Å². The second-order valence-corrected chi connectivity index (χ2v) is 7.71. The maximum Gasteiger partial charge on any atom is 0.269 e. The Morgan fingerprint density at radius 3 is 2.45 bits per heavy atom. The molecule has 2 amide bonds. The lowest BCUT2D eigenvalue weighted by Gasteiger charge is -2.27. The van der Waals surface area contributed by atoms with Gasteiger partial charge in [-0.05, 0) is 42.3 Å². The number of carbonyl (C=O) groups excluding carboxylic acids is 2. The summed E-state index contributed by atoms with van der Waals surface area (Å²) in [6.45, 7) is 3.72.